The highest BCUT2D eigenvalue weighted by Gasteiger charge is 2.13. The number of benzene rings is 2. The van der Waals surface area contributed by atoms with Crippen molar-refractivity contribution in [2.45, 2.75) is 26.7 Å². The molecule has 2 amide bonds. The fraction of sp³-hybridized carbons (Fsp3) is 0.304. The third-order valence-corrected chi connectivity index (χ3v) is 4.44. The van der Waals surface area contributed by atoms with Crippen LogP contribution in [0.3, 0.4) is 0 Å². The third-order valence-electron chi connectivity index (χ3n) is 4.44. The number of ether oxygens (including phenoxy) is 1. The Hall–Kier alpha value is -3.48. The van der Waals surface area contributed by atoms with Gasteiger partial charge in [0.15, 0.2) is 12.4 Å². The molecule has 30 heavy (non-hydrogen) atoms. The summed E-state index contributed by atoms with van der Waals surface area (Å²) < 4.78 is 4.96. The van der Waals surface area contributed by atoms with Gasteiger partial charge in [0.25, 0.3) is 5.91 Å². The summed E-state index contributed by atoms with van der Waals surface area (Å²) in [4.78, 5) is 46.9. The lowest BCUT2D eigenvalue weighted by Gasteiger charge is -2.08. The molecule has 0 heterocycles. The highest BCUT2D eigenvalue weighted by molar-refractivity contribution is 5.99. The number of carbonyl (C=O) groups excluding carboxylic acids is 4. The molecule has 0 aliphatic heterocycles. The summed E-state index contributed by atoms with van der Waals surface area (Å²) in [6, 6.07) is 14.1. The van der Waals surface area contributed by atoms with Gasteiger partial charge in [-0.15, -0.1) is 0 Å². The Kier molecular flexibility index (Phi) is 8.75. The first-order valence-corrected chi connectivity index (χ1v) is 9.73. The summed E-state index contributed by atoms with van der Waals surface area (Å²) in [7, 11) is 0. The van der Waals surface area contributed by atoms with Crippen LogP contribution in [0.25, 0.3) is 0 Å². The molecule has 7 nitrogen and oxygen atoms in total. The van der Waals surface area contributed by atoms with Crippen LogP contribution in [-0.4, -0.2) is 43.3 Å². The minimum absolute atomic E-state index is 0.0553. The van der Waals surface area contributed by atoms with E-state index in [9.17, 15) is 19.2 Å². The number of aryl methyl sites for hydroxylation is 2. The topological polar surface area (TPSA) is 102 Å². The van der Waals surface area contributed by atoms with Gasteiger partial charge in [0.2, 0.25) is 5.91 Å². The second-order valence-corrected chi connectivity index (χ2v) is 6.86. The van der Waals surface area contributed by atoms with Crippen LogP contribution in [0.1, 0.15) is 45.2 Å². The van der Waals surface area contributed by atoms with Crippen LogP contribution < -0.4 is 10.6 Å². The standard InChI is InChI=1S/C23H26N2O5/c1-16-6-3-4-8-20(16)23(29)25-14-22(28)30-15-21(27)19-11-9-18(10-12-19)7-5-13-24-17(2)26/h3-4,6,8-12H,5,7,13-15H2,1-2H3,(H,24,26)(H,25,29). The number of carbonyl (C=O) groups is 4. The average Bonchev–Trinajstić information content (AvgIpc) is 2.74. The molecule has 2 rings (SSSR count). The monoisotopic (exact) mass is 410 g/mol. The van der Waals surface area contributed by atoms with E-state index < -0.39 is 5.97 Å². The Bertz CT molecular complexity index is 906. The molecule has 0 saturated heterocycles. The SMILES string of the molecule is CC(=O)NCCCc1ccc(C(=O)COC(=O)CNC(=O)c2ccccc2C)cc1. The van der Waals surface area contributed by atoms with Crippen LogP contribution in [0.5, 0.6) is 0 Å². The summed E-state index contributed by atoms with van der Waals surface area (Å²) in [5.74, 6) is -1.43. The van der Waals surface area contributed by atoms with Crippen molar-refractivity contribution in [2.75, 3.05) is 19.7 Å². The maximum atomic E-state index is 12.2. The number of Topliss-reactive ketones (excluding diaryl/α,β-unsaturated/α-hetero) is 1. The van der Waals surface area contributed by atoms with Crippen LogP contribution in [0.2, 0.25) is 0 Å². The molecule has 7 heteroatoms. The smallest absolute Gasteiger partial charge is 0.325 e. The van der Waals surface area contributed by atoms with Crippen molar-refractivity contribution in [3.05, 3.63) is 70.8 Å². The van der Waals surface area contributed by atoms with Crippen LogP contribution in [0, 0.1) is 6.92 Å². The molecular weight excluding hydrogens is 384 g/mol. The highest BCUT2D eigenvalue weighted by Crippen LogP contribution is 2.08. The van der Waals surface area contributed by atoms with Crippen molar-refractivity contribution < 1.29 is 23.9 Å². The summed E-state index contributed by atoms with van der Waals surface area (Å²) in [6.45, 7) is 3.19. The Labute approximate surface area is 175 Å². The number of hydrogen-bond acceptors (Lipinski definition) is 5. The molecule has 0 bridgehead atoms. The molecule has 2 N–H and O–H groups in total. The average molecular weight is 410 g/mol. The predicted molar refractivity (Wildman–Crippen MR) is 112 cm³/mol. The Morgan fingerprint density at radius 1 is 0.933 bits per heavy atom. The van der Waals surface area contributed by atoms with Gasteiger partial charge < -0.3 is 15.4 Å². The van der Waals surface area contributed by atoms with Crippen molar-refractivity contribution in [3.8, 4) is 0 Å². The minimum Gasteiger partial charge on any atom is -0.456 e. The first-order chi connectivity index (χ1) is 14.4. The van der Waals surface area contributed by atoms with E-state index in [-0.39, 0.29) is 30.7 Å². The van der Waals surface area contributed by atoms with E-state index in [0.29, 0.717) is 17.7 Å². The lowest BCUT2D eigenvalue weighted by molar-refractivity contribution is -0.141. The fourth-order valence-corrected chi connectivity index (χ4v) is 2.77. The summed E-state index contributed by atoms with van der Waals surface area (Å²) in [6.07, 6.45) is 1.59. The van der Waals surface area contributed by atoms with Crippen molar-refractivity contribution in [1.29, 1.82) is 0 Å². The van der Waals surface area contributed by atoms with Crippen molar-refractivity contribution in [3.63, 3.8) is 0 Å². The molecule has 0 aliphatic rings. The van der Waals surface area contributed by atoms with Crippen molar-refractivity contribution in [1.82, 2.24) is 10.6 Å². The molecule has 0 fully saturated rings. The number of rotatable bonds is 10. The van der Waals surface area contributed by atoms with Gasteiger partial charge >= 0.3 is 5.97 Å². The molecule has 2 aromatic rings. The quantitative estimate of drug-likeness (QED) is 0.355. The molecule has 0 aromatic heterocycles. The van der Waals surface area contributed by atoms with E-state index >= 15 is 0 Å². The van der Waals surface area contributed by atoms with E-state index in [1.165, 1.54) is 6.92 Å². The lowest BCUT2D eigenvalue weighted by atomic mass is 10.1. The van der Waals surface area contributed by atoms with E-state index in [1.54, 1.807) is 37.3 Å². The number of hydrogen-bond donors (Lipinski definition) is 2. The number of esters is 1. The molecule has 2 aromatic carbocycles. The lowest BCUT2D eigenvalue weighted by Crippen LogP contribution is -2.31. The van der Waals surface area contributed by atoms with Gasteiger partial charge in [0.1, 0.15) is 6.54 Å². The Morgan fingerprint density at radius 2 is 1.63 bits per heavy atom. The van der Waals surface area contributed by atoms with Gasteiger partial charge in [-0.25, -0.2) is 0 Å². The fourth-order valence-electron chi connectivity index (χ4n) is 2.77. The van der Waals surface area contributed by atoms with Crippen molar-refractivity contribution >= 4 is 23.6 Å². The van der Waals surface area contributed by atoms with Crippen LogP contribution >= 0.6 is 0 Å². The van der Waals surface area contributed by atoms with Crippen LogP contribution in [0.4, 0.5) is 0 Å². The molecule has 0 spiro atoms. The summed E-state index contributed by atoms with van der Waals surface area (Å²) in [5.41, 5.74) is 2.78. The van der Waals surface area contributed by atoms with Gasteiger partial charge in [-0.05, 0) is 37.0 Å². The maximum Gasteiger partial charge on any atom is 0.325 e. The number of nitrogens with one attached hydrogen (secondary N) is 2. The molecule has 158 valence electrons. The van der Waals surface area contributed by atoms with Crippen molar-refractivity contribution in [2.24, 2.45) is 0 Å². The largest absolute Gasteiger partial charge is 0.456 e. The predicted octanol–water partition coefficient (Wildman–Crippen LogP) is 2.22. The van der Waals surface area contributed by atoms with Crippen LogP contribution in [0.15, 0.2) is 48.5 Å². The van der Waals surface area contributed by atoms with E-state index in [2.05, 4.69) is 10.6 Å². The van der Waals surface area contributed by atoms with Gasteiger partial charge in [-0.1, -0.05) is 42.5 Å². The number of amides is 2. The second kappa shape index (κ2) is 11.5. The molecule has 0 radical (unpaired) electrons. The zero-order valence-corrected chi connectivity index (χ0v) is 17.2. The summed E-state index contributed by atoms with van der Waals surface area (Å²) in [5, 5.41) is 5.22. The highest BCUT2D eigenvalue weighted by atomic mass is 16.5. The Balaban J connectivity index is 1.73. The first kappa shape index (κ1) is 22.8. The van der Waals surface area contributed by atoms with E-state index in [4.69, 9.17) is 4.74 Å². The zero-order chi connectivity index (χ0) is 21.9. The molecule has 0 aliphatic carbocycles. The Morgan fingerprint density at radius 3 is 2.30 bits per heavy atom. The maximum absolute atomic E-state index is 12.2. The normalized spacial score (nSPS) is 10.2. The first-order valence-electron chi connectivity index (χ1n) is 9.73. The number of ketones is 1. The third kappa shape index (κ3) is 7.50. The molecule has 0 saturated carbocycles. The molecule has 0 unspecified atom stereocenters. The van der Waals surface area contributed by atoms with E-state index in [1.807, 2.05) is 18.2 Å². The van der Waals surface area contributed by atoms with Gasteiger partial charge in [-0.3, -0.25) is 19.2 Å². The van der Waals surface area contributed by atoms with Crippen LogP contribution in [-0.2, 0) is 20.7 Å². The molecular formula is C23H26N2O5. The summed E-state index contributed by atoms with van der Waals surface area (Å²) >= 11 is 0. The van der Waals surface area contributed by atoms with Gasteiger partial charge in [0, 0.05) is 24.6 Å². The minimum atomic E-state index is -0.681. The van der Waals surface area contributed by atoms with Gasteiger partial charge in [0.05, 0.1) is 0 Å². The van der Waals surface area contributed by atoms with Gasteiger partial charge in [-0.2, -0.15) is 0 Å². The zero-order valence-electron chi connectivity index (χ0n) is 17.2. The van der Waals surface area contributed by atoms with E-state index in [0.717, 1.165) is 24.0 Å². The molecule has 0 atom stereocenters. The second-order valence-electron chi connectivity index (χ2n) is 6.86.